The standard InChI is InChI=1S/C21H26N4O2S/c1-3-15(2)25-19(27)16-9-5-6-10-17(16)23-20(25)28-13-18(26)24-21(14-22)11-7-4-8-12-21/h5-6,9-10,15H,3-4,7-8,11-13H2,1-2H3,(H,24,26). The molecule has 1 N–H and O–H groups in total. The maximum Gasteiger partial charge on any atom is 0.262 e. The van der Waals surface area contributed by atoms with Gasteiger partial charge in [-0.2, -0.15) is 5.26 Å². The van der Waals surface area contributed by atoms with Crippen molar-refractivity contribution in [2.45, 2.75) is 69.1 Å². The molecule has 0 radical (unpaired) electrons. The minimum absolute atomic E-state index is 0.0148. The van der Waals surface area contributed by atoms with Crippen LogP contribution in [-0.4, -0.2) is 26.8 Å². The third-order valence-electron chi connectivity index (χ3n) is 5.44. The smallest absolute Gasteiger partial charge is 0.262 e. The van der Waals surface area contributed by atoms with Crippen LogP contribution in [0.25, 0.3) is 10.9 Å². The highest BCUT2D eigenvalue weighted by atomic mass is 32.2. The molecule has 1 aromatic heterocycles. The van der Waals surface area contributed by atoms with Crippen LogP contribution in [0.2, 0.25) is 0 Å². The molecule has 0 spiro atoms. The van der Waals surface area contributed by atoms with Crippen LogP contribution in [0.1, 0.15) is 58.4 Å². The van der Waals surface area contributed by atoms with Crippen LogP contribution in [0.4, 0.5) is 0 Å². The van der Waals surface area contributed by atoms with Crippen LogP contribution >= 0.6 is 11.8 Å². The fraction of sp³-hybridized carbons (Fsp3) is 0.524. The molecule has 1 aliphatic rings. The van der Waals surface area contributed by atoms with E-state index in [-0.39, 0.29) is 23.3 Å². The molecule has 0 aliphatic heterocycles. The first-order valence-corrected chi connectivity index (χ1v) is 10.8. The second kappa shape index (κ2) is 8.78. The third-order valence-corrected chi connectivity index (χ3v) is 6.39. The fourth-order valence-corrected chi connectivity index (χ4v) is 4.55. The summed E-state index contributed by atoms with van der Waals surface area (Å²) in [6.45, 7) is 4.00. The maximum absolute atomic E-state index is 13.0. The topological polar surface area (TPSA) is 87.8 Å². The van der Waals surface area contributed by atoms with Gasteiger partial charge in [0, 0.05) is 6.04 Å². The molecule has 7 heteroatoms. The molecule has 1 aromatic carbocycles. The molecular formula is C21H26N4O2S. The lowest BCUT2D eigenvalue weighted by Gasteiger charge is -2.31. The molecule has 1 saturated carbocycles. The molecule has 2 aromatic rings. The number of nitriles is 1. The van der Waals surface area contributed by atoms with Gasteiger partial charge in [0.05, 0.1) is 22.7 Å². The van der Waals surface area contributed by atoms with Crippen molar-refractivity contribution < 1.29 is 4.79 Å². The highest BCUT2D eigenvalue weighted by molar-refractivity contribution is 7.99. The lowest BCUT2D eigenvalue weighted by molar-refractivity contribution is -0.120. The van der Waals surface area contributed by atoms with Crippen LogP contribution in [0.3, 0.4) is 0 Å². The predicted octanol–water partition coefficient (Wildman–Crippen LogP) is 3.80. The zero-order chi connectivity index (χ0) is 20.1. The Labute approximate surface area is 169 Å². The molecule has 1 fully saturated rings. The fourth-order valence-electron chi connectivity index (χ4n) is 3.65. The number of hydrogen-bond acceptors (Lipinski definition) is 5. The van der Waals surface area contributed by atoms with Crippen molar-refractivity contribution in [3.8, 4) is 6.07 Å². The average Bonchev–Trinajstić information content (AvgIpc) is 2.72. The van der Waals surface area contributed by atoms with Crippen molar-refractivity contribution in [3.05, 3.63) is 34.6 Å². The highest BCUT2D eigenvalue weighted by Crippen LogP contribution is 2.28. The van der Waals surface area contributed by atoms with Crippen LogP contribution in [0, 0.1) is 11.3 Å². The Morgan fingerprint density at radius 2 is 2.07 bits per heavy atom. The monoisotopic (exact) mass is 398 g/mol. The summed E-state index contributed by atoms with van der Waals surface area (Å²) in [6, 6.07) is 9.57. The van der Waals surface area contributed by atoms with E-state index in [1.54, 1.807) is 10.6 Å². The van der Waals surface area contributed by atoms with E-state index in [0.29, 0.717) is 28.9 Å². The number of carbonyl (C=O) groups is 1. The third kappa shape index (κ3) is 4.22. The number of benzene rings is 1. The first-order chi connectivity index (χ1) is 13.5. The molecule has 0 saturated heterocycles. The number of hydrogen-bond donors (Lipinski definition) is 1. The zero-order valence-electron chi connectivity index (χ0n) is 16.4. The number of thioether (sulfide) groups is 1. The van der Waals surface area contributed by atoms with Gasteiger partial charge < -0.3 is 5.32 Å². The van der Waals surface area contributed by atoms with E-state index in [1.807, 2.05) is 32.0 Å². The summed E-state index contributed by atoms with van der Waals surface area (Å²) in [6.07, 6.45) is 5.21. The lowest BCUT2D eigenvalue weighted by atomic mass is 9.83. The Kier molecular flexibility index (Phi) is 6.40. The number of rotatable bonds is 6. The van der Waals surface area contributed by atoms with Gasteiger partial charge in [-0.15, -0.1) is 0 Å². The van der Waals surface area contributed by atoms with Gasteiger partial charge in [0.25, 0.3) is 5.56 Å². The summed E-state index contributed by atoms with van der Waals surface area (Å²) in [5.74, 6) is -0.0588. The number of para-hydroxylation sites is 1. The Morgan fingerprint density at radius 1 is 1.36 bits per heavy atom. The van der Waals surface area contributed by atoms with Crippen LogP contribution in [0.5, 0.6) is 0 Å². The minimum atomic E-state index is -0.747. The Balaban J connectivity index is 1.82. The molecule has 1 aliphatic carbocycles. The van der Waals surface area contributed by atoms with E-state index in [1.165, 1.54) is 11.8 Å². The molecule has 6 nitrogen and oxygen atoms in total. The number of amides is 1. The molecule has 28 heavy (non-hydrogen) atoms. The first kappa shape index (κ1) is 20.4. The van der Waals surface area contributed by atoms with E-state index in [4.69, 9.17) is 0 Å². The summed E-state index contributed by atoms with van der Waals surface area (Å²) in [7, 11) is 0. The largest absolute Gasteiger partial charge is 0.337 e. The Bertz CT molecular complexity index is 957. The van der Waals surface area contributed by atoms with Gasteiger partial charge in [-0.3, -0.25) is 14.2 Å². The molecule has 1 atom stereocenters. The molecule has 3 rings (SSSR count). The van der Waals surface area contributed by atoms with Gasteiger partial charge in [-0.05, 0) is 38.3 Å². The second-order valence-corrected chi connectivity index (χ2v) is 8.38. The van der Waals surface area contributed by atoms with Gasteiger partial charge in [0.1, 0.15) is 5.54 Å². The molecule has 1 heterocycles. The molecule has 1 unspecified atom stereocenters. The number of fused-ring (bicyclic) bond motifs is 1. The van der Waals surface area contributed by atoms with Gasteiger partial charge >= 0.3 is 0 Å². The SMILES string of the molecule is CCC(C)n1c(SCC(=O)NC2(C#N)CCCCC2)nc2ccccc2c1=O. The summed E-state index contributed by atoms with van der Waals surface area (Å²) in [5.41, 5.74) is -0.192. The number of carbonyl (C=O) groups excluding carboxylic acids is 1. The summed E-state index contributed by atoms with van der Waals surface area (Å²) in [5, 5.41) is 13.6. The second-order valence-electron chi connectivity index (χ2n) is 7.44. The predicted molar refractivity (Wildman–Crippen MR) is 111 cm³/mol. The van der Waals surface area contributed by atoms with E-state index in [0.717, 1.165) is 25.7 Å². The van der Waals surface area contributed by atoms with Gasteiger partial charge in [-0.1, -0.05) is 50.1 Å². The summed E-state index contributed by atoms with van der Waals surface area (Å²) < 4.78 is 1.68. The number of aromatic nitrogens is 2. The number of nitrogens with zero attached hydrogens (tertiary/aromatic N) is 3. The van der Waals surface area contributed by atoms with E-state index in [2.05, 4.69) is 16.4 Å². The molecular weight excluding hydrogens is 372 g/mol. The van der Waals surface area contributed by atoms with E-state index >= 15 is 0 Å². The van der Waals surface area contributed by atoms with Crippen LogP contribution in [-0.2, 0) is 4.79 Å². The van der Waals surface area contributed by atoms with Crippen LogP contribution < -0.4 is 10.9 Å². The summed E-state index contributed by atoms with van der Waals surface area (Å²) in [4.78, 5) is 30.2. The highest BCUT2D eigenvalue weighted by Gasteiger charge is 2.33. The quantitative estimate of drug-likeness (QED) is 0.591. The van der Waals surface area contributed by atoms with Crippen molar-refractivity contribution >= 4 is 28.6 Å². The number of nitrogens with one attached hydrogen (secondary N) is 1. The van der Waals surface area contributed by atoms with Crippen molar-refractivity contribution in [2.24, 2.45) is 0 Å². The van der Waals surface area contributed by atoms with E-state index in [9.17, 15) is 14.9 Å². The zero-order valence-corrected chi connectivity index (χ0v) is 17.2. The Hall–Kier alpha value is -2.33. The average molecular weight is 399 g/mol. The first-order valence-electron chi connectivity index (χ1n) is 9.86. The molecule has 1 amide bonds. The minimum Gasteiger partial charge on any atom is -0.337 e. The van der Waals surface area contributed by atoms with Crippen molar-refractivity contribution in [1.82, 2.24) is 14.9 Å². The van der Waals surface area contributed by atoms with Gasteiger partial charge in [0.2, 0.25) is 5.91 Å². The Morgan fingerprint density at radius 3 is 2.75 bits per heavy atom. The van der Waals surface area contributed by atoms with Gasteiger partial charge in [-0.25, -0.2) is 4.98 Å². The van der Waals surface area contributed by atoms with Crippen molar-refractivity contribution in [2.75, 3.05) is 5.75 Å². The molecule has 148 valence electrons. The summed E-state index contributed by atoms with van der Waals surface area (Å²) >= 11 is 1.26. The lowest BCUT2D eigenvalue weighted by Crippen LogP contribution is -2.49. The van der Waals surface area contributed by atoms with Crippen molar-refractivity contribution in [1.29, 1.82) is 5.26 Å². The van der Waals surface area contributed by atoms with Gasteiger partial charge in [0.15, 0.2) is 5.16 Å². The molecule has 0 bridgehead atoms. The van der Waals surface area contributed by atoms with Crippen molar-refractivity contribution in [3.63, 3.8) is 0 Å². The maximum atomic E-state index is 13.0. The van der Waals surface area contributed by atoms with Crippen LogP contribution in [0.15, 0.2) is 34.2 Å². The van der Waals surface area contributed by atoms with E-state index < -0.39 is 5.54 Å². The normalized spacial score (nSPS) is 17.0.